The summed E-state index contributed by atoms with van der Waals surface area (Å²) in [6.07, 6.45) is 1.84. The number of hydrogen-bond donors (Lipinski definition) is 2. The summed E-state index contributed by atoms with van der Waals surface area (Å²) in [4.78, 5) is 11.8. The fraction of sp³-hybridized carbons (Fsp3) is 0.917. The zero-order chi connectivity index (χ0) is 11.7. The van der Waals surface area contributed by atoms with Crippen LogP contribution in [-0.4, -0.2) is 23.5 Å². The van der Waals surface area contributed by atoms with Gasteiger partial charge < -0.3 is 10.6 Å². The lowest BCUT2D eigenvalue weighted by atomic mass is 9.75. The summed E-state index contributed by atoms with van der Waals surface area (Å²) >= 11 is 0. The van der Waals surface area contributed by atoms with E-state index in [1.807, 2.05) is 6.92 Å². The van der Waals surface area contributed by atoms with Crippen LogP contribution in [0.15, 0.2) is 0 Å². The first-order valence-electron chi connectivity index (χ1n) is 5.83. The van der Waals surface area contributed by atoms with Crippen molar-refractivity contribution in [3.05, 3.63) is 0 Å². The van der Waals surface area contributed by atoms with Crippen LogP contribution in [0.3, 0.4) is 0 Å². The molecule has 1 amide bonds. The van der Waals surface area contributed by atoms with E-state index in [0.29, 0.717) is 0 Å². The van der Waals surface area contributed by atoms with Crippen molar-refractivity contribution in [1.82, 2.24) is 10.6 Å². The van der Waals surface area contributed by atoms with Crippen LogP contribution in [0.25, 0.3) is 0 Å². The van der Waals surface area contributed by atoms with Crippen LogP contribution in [0.2, 0.25) is 0 Å². The number of carbonyl (C=O) groups is 1. The number of nitrogens with one attached hydrogen (secondary N) is 2. The van der Waals surface area contributed by atoms with Gasteiger partial charge in [0.2, 0.25) is 5.91 Å². The van der Waals surface area contributed by atoms with E-state index >= 15 is 0 Å². The first-order valence-corrected chi connectivity index (χ1v) is 5.83. The molecule has 1 rings (SSSR count). The standard InChI is InChI=1S/C12H24N2O/c1-6-13-10(15)9-7-11(2,3)14-12(4,5)8-9/h9,14H,6-8H2,1-5H3,(H,13,15). The number of amides is 1. The first-order chi connectivity index (χ1) is 6.76. The highest BCUT2D eigenvalue weighted by atomic mass is 16.1. The Balaban J connectivity index is 2.71. The maximum absolute atomic E-state index is 11.8. The van der Waals surface area contributed by atoms with Crippen LogP contribution in [0.5, 0.6) is 0 Å². The lowest BCUT2D eigenvalue weighted by Gasteiger charge is -2.45. The molecular formula is C12H24N2O. The third-order valence-electron chi connectivity index (χ3n) is 2.91. The molecule has 1 saturated heterocycles. The van der Waals surface area contributed by atoms with Crippen LogP contribution < -0.4 is 10.6 Å². The molecule has 3 nitrogen and oxygen atoms in total. The van der Waals surface area contributed by atoms with Crippen molar-refractivity contribution in [2.24, 2.45) is 5.92 Å². The van der Waals surface area contributed by atoms with Gasteiger partial charge in [-0.3, -0.25) is 4.79 Å². The highest BCUT2D eigenvalue weighted by molar-refractivity contribution is 5.79. The molecule has 1 aliphatic heterocycles. The lowest BCUT2D eigenvalue weighted by molar-refractivity contribution is -0.127. The molecule has 0 aromatic heterocycles. The van der Waals surface area contributed by atoms with Gasteiger partial charge in [0.15, 0.2) is 0 Å². The van der Waals surface area contributed by atoms with Crippen molar-refractivity contribution in [3.63, 3.8) is 0 Å². The van der Waals surface area contributed by atoms with Gasteiger partial charge in [-0.05, 0) is 47.5 Å². The maximum atomic E-state index is 11.8. The fourth-order valence-electron chi connectivity index (χ4n) is 2.83. The van der Waals surface area contributed by atoms with Gasteiger partial charge in [0.25, 0.3) is 0 Å². The second kappa shape index (κ2) is 4.12. The molecule has 0 aliphatic carbocycles. The topological polar surface area (TPSA) is 41.1 Å². The Morgan fingerprint density at radius 3 is 2.13 bits per heavy atom. The summed E-state index contributed by atoms with van der Waals surface area (Å²) in [5.74, 6) is 0.358. The second-order valence-electron chi connectivity index (χ2n) is 5.89. The molecule has 0 spiro atoms. The smallest absolute Gasteiger partial charge is 0.223 e. The van der Waals surface area contributed by atoms with Crippen molar-refractivity contribution in [2.75, 3.05) is 6.54 Å². The summed E-state index contributed by atoms with van der Waals surface area (Å²) in [6.45, 7) is 11.4. The Morgan fingerprint density at radius 2 is 1.73 bits per heavy atom. The van der Waals surface area contributed by atoms with E-state index in [2.05, 4.69) is 38.3 Å². The van der Waals surface area contributed by atoms with Crippen molar-refractivity contribution in [2.45, 2.75) is 58.5 Å². The second-order valence-corrected chi connectivity index (χ2v) is 5.89. The van der Waals surface area contributed by atoms with Gasteiger partial charge in [0, 0.05) is 23.5 Å². The summed E-state index contributed by atoms with van der Waals surface area (Å²) in [5.41, 5.74) is 0.106. The van der Waals surface area contributed by atoms with Crippen molar-refractivity contribution >= 4 is 5.91 Å². The molecule has 88 valence electrons. The summed E-state index contributed by atoms with van der Waals surface area (Å²) < 4.78 is 0. The van der Waals surface area contributed by atoms with Crippen LogP contribution in [-0.2, 0) is 4.79 Å². The van der Waals surface area contributed by atoms with Crippen molar-refractivity contribution in [1.29, 1.82) is 0 Å². The highest BCUT2D eigenvalue weighted by Gasteiger charge is 2.40. The van der Waals surface area contributed by atoms with E-state index in [4.69, 9.17) is 0 Å². The van der Waals surface area contributed by atoms with Crippen LogP contribution in [0, 0.1) is 5.92 Å². The zero-order valence-corrected chi connectivity index (χ0v) is 10.6. The molecular weight excluding hydrogens is 188 g/mol. The predicted molar refractivity (Wildman–Crippen MR) is 62.7 cm³/mol. The quantitative estimate of drug-likeness (QED) is 0.731. The Bertz CT molecular complexity index is 230. The largest absolute Gasteiger partial charge is 0.356 e. The minimum Gasteiger partial charge on any atom is -0.356 e. The van der Waals surface area contributed by atoms with Gasteiger partial charge >= 0.3 is 0 Å². The van der Waals surface area contributed by atoms with E-state index in [9.17, 15) is 4.79 Å². The predicted octanol–water partition coefficient (Wildman–Crippen LogP) is 1.68. The molecule has 1 aliphatic rings. The molecule has 2 N–H and O–H groups in total. The van der Waals surface area contributed by atoms with Crippen LogP contribution >= 0.6 is 0 Å². The van der Waals surface area contributed by atoms with Gasteiger partial charge in [-0.25, -0.2) is 0 Å². The first kappa shape index (κ1) is 12.5. The summed E-state index contributed by atoms with van der Waals surface area (Å²) in [5, 5.41) is 6.50. The van der Waals surface area contributed by atoms with Crippen LogP contribution in [0.4, 0.5) is 0 Å². The molecule has 0 atom stereocenters. The molecule has 15 heavy (non-hydrogen) atoms. The Hall–Kier alpha value is -0.570. The molecule has 0 saturated carbocycles. The molecule has 0 unspecified atom stereocenters. The van der Waals surface area contributed by atoms with Gasteiger partial charge in [-0.15, -0.1) is 0 Å². The third-order valence-corrected chi connectivity index (χ3v) is 2.91. The minimum absolute atomic E-state index is 0.0531. The molecule has 0 aromatic rings. The lowest BCUT2D eigenvalue weighted by Crippen LogP contribution is -2.59. The van der Waals surface area contributed by atoms with Crippen molar-refractivity contribution in [3.8, 4) is 0 Å². The Kier molecular flexibility index (Phi) is 3.44. The van der Waals surface area contributed by atoms with E-state index in [-0.39, 0.29) is 22.9 Å². The maximum Gasteiger partial charge on any atom is 0.223 e. The molecule has 1 fully saturated rings. The van der Waals surface area contributed by atoms with Gasteiger partial charge in [-0.1, -0.05) is 0 Å². The van der Waals surface area contributed by atoms with Gasteiger partial charge in [0.1, 0.15) is 0 Å². The monoisotopic (exact) mass is 212 g/mol. The van der Waals surface area contributed by atoms with Gasteiger partial charge in [0.05, 0.1) is 0 Å². The average molecular weight is 212 g/mol. The van der Waals surface area contributed by atoms with E-state index in [1.54, 1.807) is 0 Å². The van der Waals surface area contributed by atoms with Crippen molar-refractivity contribution < 1.29 is 4.79 Å². The van der Waals surface area contributed by atoms with E-state index in [0.717, 1.165) is 19.4 Å². The molecule has 1 heterocycles. The third kappa shape index (κ3) is 3.49. The normalized spacial score (nSPS) is 24.9. The summed E-state index contributed by atoms with van der Waals surface area (Å²) in [7, 11) is 0. The molecule has 0 radical (unpaired) electrons. The number of rotatable bonds is 2. The Labute approximate surface area is 93.0 Å². The molecule has 3 heteroatoms. The van der Waals surface area contributed by atoms with E-state index < -0.39 is 0 Å². The number of piperidine rings is 1. The zero-order valence-electron chi connectivity index (χ0n) is 10.6. The van der Waals surface area contributed by atoms with E-state index in [1.165, 1.54) is 0 Å². The fourth-order valence-corrected chi connectivity index (χ4v) is 2.83. The highest BCUT2D eigenvalue weighted by Crippen LogP contribution is 2.32. The van der Waals surface area contributed by atoms with Crippen LogP contribution in [0.1, 0.15) is 47.5 Å². The minimum atomic E-state index is 0.0531. The average Bonchev–Trinajstić information content (AvgIpc) is 1.98. The summed E-state index contributed by atoms with van der Waals surface area (Å²) in [6, 6.07) is 0. The number of hydrogen-bond acceptors (Lipinski definition) is 2. The molecule has 0 aromatic carbocycles. The number of carbonyl (C=O) groups excluding carboxylic acids is 1. The Morgan fingerprint density at radius 1 is 1.27 bits per heavy atom. The van der Waals surface area contributed by atoms with Gasteiger partial charge in [-0.2, -0.15) is 0 Å². The SMILES string of the molecule is CCNC(=O)C1CC(C)(C)NC(C)(C)C1. The molecule has 0 bridgehead atoms.